The van der Waals surface area contributed by atoms with Gasteiger partial charge in [0, 0.05) is 12.3 Å². The minimum Gasteiger partial charge on any atom is -0.350 e. The minimum absolute atomic E-state index is 0.144. The van der Waals surface area contributed by atoms with E-state index in [4.69, 9.17) is 5.73 Å². The number of carbonyl (C=O) groups excluding carboxylic acids is 2. The number of anilines is 2. The number of hydrazone groups is 1. The van der Waals surface area contributed by atoms with E-state index >= 15 is 0 Å². The standard InChI is InChI=1S/C13H13N5O2S/c1-9(19)18(11-5-3-2-4-6-11)13-16-10(8-21-13)7-15-17-12(14)20/h2-8H,1H3,(H3,14,17,20)/b15-7-. The Hall–Kier alpha value is -2.74. The van der Waals surface area contributed by atoms with Gasteiger partial charge in [-0.25, -0.2) is 15.2 Å². The maximum atomic E-state index is 11.8. The Morgan fingerprint density at radius 2 is 2.10 bits per heavy atom. The molecule has 2 rings (SSSR count). The zero-order chi connectivity index (χ0) is 15.2. The largest absolute Gasteiger partial charge is 0.350 e. The van der Waals surface area contributed by atoms with Gasteiger partial charge in [0.2, 0.25) is 5.91 Å². The van der Waals surface area contributed by atoms with Crippen LogP contribution in [0.25, 0.3) is 0 Å². The molecule has 1 heterocycles. The highest BCUT2D eigenvalue weighted by Gasteiger charge is 2.17. The first kappa shape index (κ1) is 14.7. The second kappa shape index (κ2) is 6.62. The van der Waals surface area contributed by atoms with Crippen LogP contribution in [0.4, 0.5) is 15.6 Å². The quantitative estimate of drug-likeness (QED) is 0.665. The Labute approximate surface area is 125 Å². The van der Waals surface area contributed by atoms with E-state index < -0.39 is 6.03 Å². The summed E-state index contributed by atoms with van der Waals surface area (Å²) in [5.41, 5.74) is 8.22. The van der Waals surface area contributed by atoms with Crippen LogP contribution in [-0.4, -0.2) is 23.1 Å². The Balaban J connectivity index is 2.23. The van der Waals surface area contributed by atoms with Crippen molar-refractivity contribution in [1.29, 1.82) is 0 Å². The maximum Gasteiger partial charge on any atom is 0.332 e. The zero-order valence-corrected chi connectivity index (χ0v) is 12.0. The first-order valence-corrected chi connectivity index (χ1v) is 6.85. The summed E-state index contributed by atoms with van der Waals surface area (Å²) >= 11 is 1.30. The number of hydrogen-bond acceptors (Lipinski definition) is 5. The molecule has 8 heteroatoms. The van der Waals surface area contributed by atoms with Crippen LogP contribution < -0.4 is 16.1 Å². The molecule has 0 spiro atoms. The Bertz CT molecular complexity index is 668. The number of nitrogens with zero attached hydrogens (tertiary/aromatic N) is 3. The van der Waals surface area contributed by atoms with Crippen LogP contribution >= 0.6 is 11.3 Å². The van der Waals surface area contributed by atoms with Crippen molar-refractivity contribution in [3.8, 4) is 0 Å². The monoisotopic (exact) mass is 303 g/mol. The third kappa shape index (κ3) is 3.86. The van der Waals surface area contributed by atoms with Crippen molar-refractivity contribution in [2.45, 2.75) is 6.92 Å². The van der Waals surface area contributed by atoms with Crippen LogP contribution in [0.3, 0.4) is 0 Å². The SMILES string of the molecule is CC(=O)N(c1ccccc1)c1nc(/C=N\NC(N)=O)cs1. The number of benzene rings is 1. The Morgan fingerprint density at radius 1 is 1.38 bits per heavy atom. The number of rotatable bonds is 4. The summed E-state index contributed by atoms with van der Waals surface area (Å²) in [6, 6.07) is 8.46. The van der Waals surface area contributed by atoms with Crippen LogP contribution in [0, 0.1) is 0 Å². The second-order valence-corrected chi connectivity index (χ2v) is 4.82. The zero-order valence-electron chi connectivity index (χ0n) is 11.2. The van der Waals surface area contributed by atoms with Crippen molar-refractivity contribution in [3.05, 3.63) is 41.4 Å². The summed E-state index contributed by atoms with van der Waals surface area (Å²) in [6.07, 6.45) is 1.36. The van der Waals surface area contributed by atoms with Gasteiger partial charge in [0.15, 0.2) is 5.13 Å². The normalized spacial score (nSPS) is 10.5. The van der Waals surface area contributed by atoms with Gasteiger partial charge in [-0.3, -0.25) is 9.69 Å². The molecular formula is C13H13N5O2S. The van der Waals surface area contributed by atoms with Crippen LogP contribution in [-0.2, 0) is 4.79 Å². The lowest BCUT2D eigenvalue weighted by atomic mass is 10.3. The molecule has 0 aliphatic rings. The van der Waals surface area contributed by atoms with Crippen molar-refractivity contribution in [3.63, 3.8) is 0 Å². The van der Waals surface area contributed by atoms with Gasteiger partial charge in [0.05, 0.1) is 17.6 Å². The van der Waals surface area contributed by atoms with E-state index in [-0.39, 0.29) is 5.91 Å². The van der Waals surface area contributed by atoms with Crippen molar-refractivity contribution >= 4 is 40.3 Å². The van der Waals surface area contributed by atoms with Gasteiger partial charge in [0.25, 0.3) is 0 Å². The number of hydrogen-bond donors (Lipinski definition) is 2. The summed E-state index contributed by atoms with van der Waals surface area (Å²) < 4.78 is 0. The van der Waals surface area contributed by atoms with Gasteiger partial charge in [-0.2, -0.15) is 5.10 Å². The summed E-state index contributed by atoms with van der Waals surface area (Å²) in [6.45, 7) is 1.47. The van der Waals surface area contributed by atoms with E-state index in [1.54, 1.807) is 5.38 Å². The number of primary amides is 1. The molecule has 0 unspecified atom stereocenters. The molecule has 0 saturated carbocycles. The highest BCUT2D eigenvalue weighted by Crippen LogP contribution is 2.28. The molecule has 0 aliphatic carbocycles. The van der Waals surface area contributed by atoms with E-state index in [2.05, 4.69) is 15.5 Å². The lowest BCUT2D eigenvalue weighted by Gasteiger charge is -2.17. The fourth-order valence-corrected chi connectivity index (χ4v) is 2.44. The summed E-state index contributed by atoms with van der Waals surface area (Å²) in [4.78, 5) is 28.1. The van der Waals surface area contributed by atoms with E-state index in [1.807, 2.05) is 30.3 Å². The van der Waals surface area contributed by atoms with Crippen LogP contribution in [0.1, 0.15) is 12.6 Å². The summed E-state index contributed by atoms with van der Waals surface area (Å²) in [7, 11) is 0. The molecule has 21 heavy (non-hydrogen) atoms. The van der Waals surface area contributed by atoms with E-state index in [0.717, 1.165) is 5.69 Å². The van der Waals surface area contributed by atoms with Gasteiger partial charge in [-0.05, 0) is 12.1 Å². The van der Waals surface area contributed by atoms with Gasteiger partial charge in [-0.1, -0.05) is 18.2 Å². The highest BCUT2D eigenvalue weighted by molar-refractivity contribution is 7.14. The molecule has 0 fully saturated rings. The molecule has 1 aromatic heterocycles. The number of para-hydroxylation sites is 1. The van der Waals surface area contributed by atoms with E-state index in [0.29, 0.717) is 10.8 Å². The third-order valence-electron chi connectivity index (χ3n) is 2.40. The first-order valence-electron chi connectivity index (χ1n) is 5.97. The molecule has 0 atom stereocenters. The van der Waals surface area contributed by atoms with Crippen molar-refractivity contribution in [1.82, 2.24) is 10.4 Å². The number of aromatic nitrogens is 1. The molecule has 108 valence electrons. The molecule has 0 radical (unpaired) electrons. The van der Waals surface area contributed by atoms with Gasteiger partial charge in [-0.15, -0.1) is 11.3 Å². The van der Waals surface area contributed by atoms with Crippen LogP contribution in [0.5, 0.6) is 0 Å². The lowest BCUT2D eigenvalue weighted by Crippen LogP contribution is -2.24. The Kier molecular flexibility index (Phi) is 4.62. The van der Waals surface area contributed by atoms with Gasteiger partial charge in [0.1, 0.15) is 0 Å². The van der Waals surface area contributed by atoms with E-state index in [1.165, 1.54) is 29.4 Å². The molecule has 0 saturated heterocycles. The topological polar surface area (TPSA) is 101 Å². The molecule has 0 aliphatic heterocycles. The van der Waals surface area contributed by atoms with Gasteiger partial charge < -0.3 is 5.73 Å². The molecule has 0 bridgehead atoms. The molecule has 2 aromatic rings. The number of nitrogens with two attached hydrogens (primary N) is 1. The van der Waals surface area contributed by atoms with Crippen LogP contribution in [0.15, 0.2) is 40.8 Å². The predicted octanol–water partition coefficient (Wildman–Crippen LogP) is 1.83. The number of thiazole rings is 1. The minimum atomic E-state index is -0.753. The molecule has 1 aromatic carbocycles. The smallest absolute Gasteiger partial charge is 0.332 e. The predicted molar refractivity (Wildman–Crippen MR) is 81.7 cm³/mol. The average Bonchev–Trinajstić information content (AvgIpc) is 2.88. The van der Waals surface area contributed by atoms with Crippen molar-refractivity contribution < 1.29 is 9.59 Å². The van der Waals surface area contributed by atoms with Crippen LogP contribution in [0.2, 0.25) is 0 Å². The molecule has 7 nitrogen and oxygen atoms in total. The lowest BCUT2D eigenvalue weighted by molar-refractivity contribution is -0.115. The average molecular weight is 303 g/mol. The van der Waals surface area contributed by atoms with Gasteiger partial charge >= 0.3 is 6.03 Å². The maximum absolute atomic E-state index is 11.8. The second-order valence-electron chi connectivity index (χ2n) is 3.98. The fourth-order valence-electron chi connectivity index (χ4n) is 1.60. The molecular weight excluding hydrogens is 290 g/mol. The molecule has 3 amide bonds. The highest BCUT2D eigenvalue weighted by atomic mass is 32.1. The summed E-state index contributed by atoms with van der Waals surface area (Å²) in [5, 5.41) is 5.87. The van der Waals surface area contributed by atoms with Crippen molar-refractivity contribution in [2.75, 3.05) is 4.90 Å². The number of amides is 3. The fraction of sp³-hybridized carbons (Fsp3) is 0.0769. The number of nitrogens with one attached hydrogen (secondary N) is 1. The summed E-state index contributed by atoms with van der Waals surface area (Å²) in [5.74, 6) is -0.144. The first-order chi connectivity index (χ1) is 10.1. The number of urea groups is 1. The van der Waals surface area contributed by atoms with Crippen molar-refractivity contribution in [2.24, 2.45) is 10.8 Å². The molecule has 3 N–H and O–H groups in total. The number of carbonyl (C=O) groups is 2. The Morgan fingerprint density at radius 3 is 2.71 bits per heavy atom. The van der Waals surface area contributed by atoms with E-state index in [9.17, 15) is 9.59 Å². The third-order valence-corrected chi connectivity index (χ3v) is 3.25.